The Morgan fingerprint density at radius 3 is 1.95 bits per heavy atom. The van der Waals surface area contributed by atoms with Crippen LogP contribution in [0.4, 0.5) is 0 Å². The van der Waals surface area contributed by atoms with Crippen LogP contribution in [-0.2, 0) is 4.57 Å². The van der Waals surface area contributed by atoms with Crippen LogP contribution in [0, 0.1) is 0 Å². The lowest BCUT2D eigenvalue weighted by Crippen LogP contribution is -2.30. The molecule has 3 heteroatoms. The van der Waals surface area contributed by atoms with Crippen molar-refractivity contribution in [1.29, 1.82) is 0 Å². The van der Waals surface area contributed by atoms with E-state index in [0.717, 1.165) is 29.7 Å². The number of hydrogen-bond acceptors (Lipinski definition) is 2. The summed E-state index contributed by atoms with van der Waals surface area (Å²) in [6.07, 6.45) is 3.04. The molecule has 20 heavy (non-hydrogen) atoms. The van der Waals surface area contributed by atoms with Gasteiger partial charge in [0.05, 0.1) is 0 Å². The minimum absolute atomic E-state index is 0.376. The molecule has 0 aliphatic carbocycles. The van der Waals surface area contributed by atoms with E-state index in [0.29, 0.717) is 6.04 Å². The molecule has 1 heterocycles. The minimum Gasteiger partial charge on any atom is -0.314 e. The molecule has 1 fully saturated rings. The average Bonchev–Trinajstić information content (AvgIpc) is 3.02. The lowest BCUT2D eigenvalue weighted by atomic mass is 10.3. The van der Waals surface area contributed by atoms with Gasteiger partial charge in [0.15, 0.2) is 0 Å². The van der Waals surface area contributed by atoms with Gasteiger partial charge >= 0.3 is 0 Å². The van der Waals surface area contributed by atoms with Crippen molar-refractivity contribution in [2.75, 3.05) is 12.7 Å². The van der Waals surface area contributed by atoms with Crippen LogP contribution in [0.2, 0.25) is 0 Å². The second-order valence-electron chi connectivity index (χ2n) is 5.39. The molecular weight excluding hydrogens is 265 g/mol. The number of rotatable bonds is 4. The van der Waals surface area contributed by atoms with Gasteiger partial charge < -0.3 is 9.88 Å². The van der Waals surface area contributed by atoms with Gasteiger partial charge in [0.2, 0.25) is 0 Å². The molecule has 0 aromatic heterocycles. The molecule has 1 N–H and O–H groups in total. The molecule has 1 aliphatic heterocycles. The Hall–Kier alpha value is -1.37. The minimum atomic E-state index is -2.54. The number of benzene rings is 2. The van der Waals surface area contributed by atoms with Gasteiger partial charge in [-0.15, -0.1) is 0 Å². The molecule has 0 amide bonds. The summed E-state index contributed by atoms with van der Waals surface area (Å²) in [5, 5.41) is 5.42. The molecule has 2 aromatic rings. The lowest BCUT2D eigenvalue weighted by molar-refractivity contribution is 0.575. The van der Waals surface area contributed by atoms with Crippen molar-refractivity contribution in [3.63, 3.8) is 0 Å². The largest absolute Gasteiger partial charge is 0.314 e. The van der Waals surface area contributed by atoms with Crippen molar-refractivity contribution in [3.05, 3.63) is 60.7 Å². The summed E-state index contributed by atoms with van der Waals surface area (Å²) in [6, 6.07) is 20.3. The van der Waals surface area contributed by atoms with Gasteiger partial charge in [0.25, 0.3) is 0 Å². The van der Waals surface area contributed by atoms with Gasteiger partial charge in [-0.1, -0.05) is 60.7 Å². The topological polar surface area (TPSA) is 29.1 Å². The molecule has 2 nitrogen and oxygen atoms in total. The van der Waals surface area contributed by atoms with Gasteiger partial charge in [-0.05, 0) is 19.4 Å². The third-order valence-corrected chi connectivity index (χ3v) is 7.21. The predicted octanol–water partition coefficient (Wildman–Crippen LogP) is 2.75. The van der Waals surface area contributed by atoms with Gasteiger partial charge in [-0.2, -0.15) is 0 Å². The van der Waals surface area contributed by atoms with E-state index in [-0.39, 0.29) is 0 Å². The molecule has 3 rings (SSSR count). The highest BCUT2D eigenvalue weighted by atomic mass is 31.2. The highest BCUT2D eigenvalue weighted by Gasteiger charge is 2.31. The summed E-state index contributed by atoms with van der Waals surface area (Å²) >= 11 is 0. The standard InChI is InChI=1S/C17H20NOP/c19-20(14-15-8-7-13-18-15,16-9-3-1-4-10-16)17-11-5-2-6-12-17/h1-6,9-12,15,18H,7-8,13-14H2/t15-/m0/s1. The number of hydrogen-bond donors (Lipinski definition) is 1. The zero-order chi connectivity index (χ0) is 13.8. The molecule has 0 unspecified atom stereocenters. The van der Waals surface area contributed by atoms with Crippen LogP contribution in [0.1, 0.15) is 12.8 Å². The monoisotopic (exact) mass is 285 g/mol. The fourth-order valence-electron chi connectivity index (χ4n) is 2.92. The molecule has 0 saturated carbocycles. The Balaban J connectivity index is 2.00. The van der Waals surface area contributed by atoms with Crippen molar-refractivity contribution >= 4 is 17.8 Å². The molecule has 104 valence electrons. The van der Waals surface area contributed by atoms with E-state index in [2.05, 4.69) is 5.32 Å². The number of nitrogens with one attached hydrogen (secondary N) is 1. The van der Waals surface area contributed by atoms with Crippen molar-refractivity contribution in [2.24, 2.45) is 0 Å². The quantitative estimate of drug-likeness (QED) is 0.875. The average molecular weight is 285 g/mol. The normalized spacial score (nSPS) is 19.1. The second kappa shape index (κ2) is 5.95. The fourth-order valence-corrected chi connectivity index (χ4v) is 5.88. The first-order chi connectivity index (χ1) is 9.79. The Kier molecular flexibility index (Phi) is 4.05. The van der Waals surface area contributed by atoms with E-state index in [1.807, 2.05) is 60.7 Å². The third-order valence-electron chi connectivity index (χ3n) is 3.99. The zero-order valence-corrected chi connectivity index (χ0v) is 12.4. The van der Waals surface area contributed by atoms with Crippen LogP contribution in [0.15, 0.2) is 60.7 Å². The van der Waals surface area contributed by atoms with Crippen molar-refractivity contribution in [2.45, 2.75) is 18.9 Å². The highest BCUT2D eigenvalue weighted by Crippen LogP contribution is 2.44. The van der Waals surface area contributed by atoms with E-state index in [4.69, 9.17) is 0 Å². The molecule has 0 radical (unpaired) electrons. The summed E-state index contributed by atoms with van der Waals surface area (Å²) in [7, 11) is -2.54. The van der Waals surface area contributed by atoms with Crippen molar-refractivity contribution in [3.8, 4) is 0 Å². The van der Waals surface area contributed by atoms with E-state index >= 15 is 0 Å². The molecule has 0 bridgehead atoms. The smallest absolute Gasteiger partial charge is 0.144 e. The first kappa shape index (κ1) is 13.6. The first-order valence-electron chi connectivity index (χ1n) is 7.23. The fraction of sp³-hybridized carbons (Fsp3) is 0.294. The lowest BCUT2D eigenvalue weighted by Gasteiger charge is -2.22. The summed E-state index contributed by atoms with van der Waals surface area (Å²) in [4.78, 5) is 0. The maximum absolute atomic E-state index is 13.7. The molecular formula is C17H20NOP. The van der Waals surface area contributed by atoms with Crippen LogP contribution in [-0.4, -0.2) is 18.7 Å². The molecule has 1 aliphatic rings. The third kappa shape index (κ3) is 2.72. The zero-order valence-electron chi connectivity index (χ0n) is 11.5. The summed E-state index contributed by atoms with van der Waals surface area (Å²) in [5.41, 5.74) is 0. The Morgan fingerprint density at radius 1 is 0.950 bits per heavy atom. The maximum atomic E-state index is 13.7. The second-order valence-corrected chi connectivity index (χ2v) is 8.26. The molecule has 0 spiro atoms. The Labute approximate surface area is 120 Å². The first-order valence-corrected chi connectivity index (χ1v) is 9.12. The summed E-state index contributed by atoms with van der Waals surface area (Å²) in [6.45, 7) is 1.05. The van der Waals surface area contributed by atoms with Gasteiger partial charge in [-0.25, -0.2) is 0 Å². The molecule has 1 atom stereocenters. The van der Waals surface area contributed by atoms with Crippen molar-refractivity contribution in [1.82, 2.24) is 5.32 Å². The van der Waals surface area contributed by atoms with Crippen LogP contribution in [0.5, 0.6) is 0 Å². The Bertz CT molecular complexity index is 547. The van der Waals surface area contributed by atoms with Crippen molar-refractivity contribution < 1.29 is 4.57 Å². The van der Waals surface area contributed by atoms with Gasteiger partial charge in [-0.3, -0.25) is 0 Å². The van der Waals surface area contributed by atoms with Crippen LogP contribution < -0.4 is 15.9 Å². The predicted molar refractivity (Wildman–Crippen MR) is 85.7 cm³/mol. The van der Waals surface area contributed by atoms with Crippen LogP contribution in [0.3, 0.4) is 0 Å². The SMILES string of the molecule is O=P(C[C@@H]1CCCN1)(c1ccccc1)c1ccccc1. The molecule has 2 aromatic carbocycles. The highest BCUT2D eigenvalue weighted by molar-refractivity contribution is 7.78. The van der Waals surface area contributed by atoms with E-state index in [9.17, 15) is 4.57 Å². The van der Waals surface area contributed by atoms with E-state index < -0.39 is 7.14 Å². The van der Waals surface area contributed by atoms with E-state index in [1.165, 1.54) is 6.42 Å². The van der Waals surface area contributed by atoms with Gasteiger partial charge in [0, 0.05) is 22.8 Å². The van der Waals surface area contributed by atoms with Crippen LogP contribution >= 0.6 is 7.14 Å². The summed E-state index contributed by atoms with van der Waals surface area (Å²) in [5.74, 6) is 0. The van der Waals surface area contributed by atoms with Gasteiger partial charge in [0.1, 0.15) is 7.14 Å². The van der Waals surface area contributed by atoms with E-state index in [1.54, 1.807) is 0 Å². The molecule has 1 saturated heterocycles. The summed E-state index contributed by atoms with van der Waals surface area (Å²) < 4.78 is 13.7. The maximum Gasteiger partial charge on any atom is 0.144 e. The Morgan fingerprint density at radius 2 is 1.50 bits per heavy atom. The van der Waals surface area contributed by atoms with Crippen LogP contribution in [0.25, 0.3) is 0 Å².